The monoisotopic (exact) mass is 262 g/mol. The average Bonchev–Trinajstić information content (AvgIpc) is 2.62. The standard InChI is InChI=1S/C14H22N4O/c1-11-13(12(2)17(4)15-11)5-6-14(19)18-9-7-16(3)8-10-18/h5-6H,7-10H2,1-4H3/b6-5+. The zero-order valence-electron chi connectivity index (χ0n) is 12.2. The van der Waals surface area contributed by atoms with Crippen molar-refractivity contribution < 1.29 is 4.79 Å². The molecule has 0 N–H and O–H groups in total. The van der Waals surface area contributed by atoms with E-state index in [1.807, 2.05) is 36.6 Å². The Hall–Kier alpha value is -1.62. The lowest BCUT2D eigenvalue weighted by atomic mass is 10.2. The van der Waals surface area contributed by atoms with Crippen LogP contribution in [0, 0.1) is 13.8 Å². The number of hydrogen-bond donors (Lipinski definition) is 0. The van der Waals surface area contributed by atoms with Crippen LogP contribution in [0.25, 0.3) is 6.08 Å². The molecular weight excluding hydrogens is 240 g/mol. The van der Waals surface area contributed by atoms with Gasteiger partial charge >= 0.3 is 0 Å². The van der Waals surface area contributed by atoms with E-state index in [0.29, 0.717) is 0 Å². The average molecular weight is 262 g/mol. The summed E-state index contributed by atoms with van der Waals surface area (Å²) < 4.78 is 1.84. The van der Waals surface area contributed by atoms with Gasteiger partial charge in [0.25, 0.3) is 0 Å². The number of likely N-dealkylation sites (N-methyl/N-ethyl adjacent to an activating group) is 1. The lowest BCUT2D eigenvalue weighted by Crippen LogP contribution is -2.46. The third-order valence-electron chi connectivity index (χ3n) is 3.77. The van der Waals surface area contributed by atoms with E-state index in [4.69, 9.17) is 0 Å². The summed E-state index contributed by atoms with van der Waals surface area (Å²) in [6.07, 6.45) is 3.56. The minimum absolute atomic E-state index is 0.0933. The van der Waals surface area contributed by atoms with Crippen molar-refractivity contribution >= 4 is 12.0 Å². The van der Waals surface area contributed by atoms with Gasteiger partial charge in [0.05, 0.1) is 5.69 Å². The SMILES string of the molecule is Cc1nn(C)c(C)c1/C=C/C(=O)N1CCN(C)CC1. The second kappa shape index (κ2) is 5.57. The fraction of sp³-hybridized carbons (Fsp3) is 0.571. The Labute approximate surface area is 114 Å². The summed E-state index contributed by atoms with van der Waals surface area (Å²) in [5.41, 5.74) is 3.09. The smallest absolute Gasteiger partial charge is 0.246 e. The summed E-state index contributed by atoms with van der Waals surface area (Å²) in [7, 11) is 4.00. The normalized spacial score (nSPS) is 17.4. The highest BCUT2D eigenvalue weighted by molar-refractivity contribution is 5.92. The first kappa shape index (κ1) is 13.8. The van der Waals surface area contributed by atoms with Crippen molar-refractivity contribution in [2.24, 2.45) is 7.05 Å². The molecule has 2 heterocycles. The van der Waals surface area contributed by atoms with Crippen LogP contribution >= 0.6 is 0 Å². The molecule has 1 fully saturated rings. The minimum atomic E-state index is 0.0933. The van der Waals surface area contributed by atoms with E-state index in [-0.39, 0.29) is 5.91 Å². The lowest BCUT2D eigenvalue weighted by Gasteiger charge is -2.31. The molecule has 0 atom stereocenters. The van der Waals surface area contributed by atoms with Crippen LogP contribution in [0.5, 0.6) is 0 Å². The molecule has 0 aliphatic carbocycles. The molecule has 5 nitrogen and oxygen atoms in total. The van der Waals surface area contributed by atoms with Crippen LogP contribution in [-0.2, 0) is 11.8 Å². The van der Waals surface area contributed by atoms with Crippen LogP contribution in [0.2, 0.25) is 0 Å². The van der Waals surface area contributed by atoms with Gasteiger partial charge < -0.3 is 9.80 Å². The van der Waals surface area contributed by atoms with E-state index in [1.165, 1.54) is 0 Å². The number of rotatable bonds is 2. The number of hydrogen-bond acceptors (Lipinski definition) is 3. The summed E-state index contributed by atoms with van der Waals surface area (Å²) in [4.78, 5) is 16.2. The molecule has 104 valence electrons. The quantitative estimate of drug-likeness (QED) is 0.741. The van der Waals surface area contributed by atoms with Gasteiger partial charge in [-0.3, -0.25) is 9.48 Å². The first-order valence-corrected chi connectivity index (χ1v) is 6.64. The van der Waals surface area contributed by atoms with E-state index < -0.39 is 0 Å². The van der Waals surface area contributed by atoms with Crippen molar-refractivity contribution in [2.45, 2.75) is 13.8 Å². The van der Waals surface area contributed by atoms with Crippen molar-refractivity contribution in [3.8, 4) is 0 Å². The second-order valence-corrected chi connectivity index (χ2v) is 5.17. The fourth-order valence-corrected chi connectivity index (χ4v) is 2.32. The van der Waals surface area contributed by atoms with Crippen molar-refractivity contribution in [3.63, 3.8) is 0 Å². The van der Waals surface area contributed by atoms with Crippen molar-refractivity contribution in [2.75, 3.05) is 33.2 Å². The van der Waals surface area contributed by atoms with Gasteiger partial charge in [-0.05, 0) is 27.0 Å². The maximum atomic E-state index is 12.1. The van der Waals surface area contributed by atoms with Crippen LogP contribution < -0.4 is 0 Å². The van der Waals surface area contributed by atoms with Gasteiger partial charge in [0.15, 0.2) is 0 Å². The predicted octanol–water partition coefficient (Wildman–Crippen LogP) is 0.824. The molecule has 1 saturated heterocycles. The Balaban J connectivity index is 2.04. The summed E-state index contributed by atoms with van der Waals surface area (Å²) in [5.74, 6) is 0.0933. The van der Waals surface area contributed by atoms with Gasteiger partial charge in [0.2, 0.25) is 5.91 Å². The van der Waals surface area contributed by atoms with Gasteiger partial charge in [-0.1, -0.05) is 0 Å². The summed E-state index contributed by atoms with van der Waals surface area (Å²) >= 11 is 0. The van der Waals surface area contributed by atoms with Crippen molar-refractivity contribution in [1.82, 2.24) is 19.6 Å². The number of aryl methyl sites for hydroxylation is 2. The van der Waals surface area contributed by atoms with Gasteiger partial charge in [0.1, 0.15) is 0 Å². The number of aromatic nitrogens is 2. The molecule has 5 heteroatoms. The number of amides is 1. The highest BCUT2D eigenvalue weighted by Gasteiger charge is 2.17. The van der Waals surface area contributed by atoms with Crippen LogP contribution in [-0.4, -0.2) is 58.7 Å². The highest BCUT2D eigenvalue weighted by atomic mass is 16.2. The van der Waals surface area contributed by atoms with Crippen LogP contribution in [0.3, 0.4) is 0 Å². The zero-order chi connectivity index (χ0) is 14.0. The molecule has 0 unspecified atom stereocenters. The van der Waals surface area contributed by atoms with Gasteiger partial charge in [0, 0.05) is 50.6 Å². The Bertz CT molecular complexity index is 496. The summed E-state index contributed by atoms with van der Waals surface area (Å²) in [5, 5.41) is 4.34. The van der Waals surface area contributed by atoms with E-state index in [2.05, 4.69) is 17.0 Å². The molecular formula is C14H22N4O. The number of carbonyl (C=O) groups excluding carboxylic acids is 1. The molecule has 19 heavy (non-hydrogen) atoms. The largest absolute Gasteiger partial charge is 0.337 e. The van der Waals surface area contributed by atoms with Gasteiger partial charge in [-0.2, -0.15) is 5.10 Å². The van der Waals surface area contributed by atoms with E-state index in [9.17, 15) is 4.79 Å². The summed E-state index contributed by atoms with van der Waals surface area (Å²) in [6.45, 7) is 7.50. The molecule has 2 rings (SSSR count). The molecule has 0 radical (unpaired) electrons. The molecule has 0 bridgehead atoms. The maximum Gasteiger partial charge on any atom is 0.246 e. The van der Waals surface area contributed by atoms with Gasteiger partial charge in [-0.25, -0.2) is 0 Å². The number of carbonyl (C=O) groups is 1. The molecule has 1 aliphatic rings. The third-order valence-corrected chi connectivity index (χ3v) is 3.77. The van der Waals surface area contributed by atoms with Crippen molar-refractivity contribution in [1.29, 1.82) is 0 Å². The fourth-order valence-electron chi connectivity index (χ4n) is 2.32. The Kier molecular flexibility index (Phi) is 4.04. The second-order valence-electron chi connectivity index (χ2n) is 5.17. The number of nitrogens with zero attached hydrogens (tertiary/aromatic N) is 4. The van der Waals surface area contributed by atoms with Crippen molar-refractivity contribution in [3.05, 3.63) is 23.0 Å². The van der Waals surface area contributed by atoms with E-state index in [1.54, 1.807) is 6.08 Å². The minimum Gasteiger partial charge on any atom is -0.337 e. The summed E-state index contributed by atoms with van der Waals surface area (Å²) in [6, 6.07) is 0. The molecule has 1 aromatic rings. The highest BCUT2D eigenvalue weighted by Crippen LogP contribution is 2.14. The molecule has 1 aliphatic heterocycles. The number of piperazine rings is 1. The molecule has 0 spiro atoms. The Morgan fingerprint density at radius 3 is 2.32 bits per heavy atom. The molecule has 0 aromatic carbocycles. The third kappa shape index (κ3) is 3.04. The first-order valence-electron chi connectivity index (χ1n) is 6.64. The van der Waals surface area contributed by atoms with Gasteiger partial charge in [-0.15, -0.1) is 0 Å². The molecule has 0 saturated carbocycles. The first-order chi connectivity index (χ1) is 8.99. The van der Waals surface area contributed by atoms with E-state index >= 15 is 0 Å². The topological polar surface area (TPSA) is 41.4 Å². The Morgan fingerprint density at radius 2 is 1.79 bits per heavy atom. The maximum absolute atomic E-state index is 12.1. The molecule has 1 amide bonds. The van der Waals surface area contributed by atoms with Crippen LogP contribution in [0.1, 0.15) is 17.0 Å². The molecule has 1 aromatic heterocycles. The predicted molar refractivity (Wildman–Crippen MR) is 75.8 cm³/mol. The Morgan fingerprint density at radius 1 is 1.16 bits per heavy atom. The van der Waals surface area contributed by atoms with E-state index in [0.717, 1.165) is 43.1 Å². The van der Waals surface area contributed by atoms with Crippen LogP contribution in [0.15, 0.2) is 6.08 Å². The lowest BCUT2D eigenvalue weighted by molar-refractivity contribution is -0.127. The van der Waals surface area contributed by atoms with Crippen LogP contribution in [0.4, 0.5) is 0 Å². The zero-order valence-corrected chi connectivity index (χ0v) is 12.2.